The number of aliphatic hydroxyl groups excluding tert-OH is 3. The molecule has 5 atom stereocenters. The number of rotatable bonds is 3. The first kappa shape index (κ1) is 14.2. The molecule has 10 nitrogen and oxygen atoms in total. The molecule has 11 heteroatoms. The number of carbonyl (C=O) groups is 1. The lowest BCUT2D eigenvalue weighted by Gasteiger charge is -2.37. The molecule has 0 aliphatic carbocycles. The van der Waals surface area contributed by atoms with E-state index in [9.17, 15) is 28.5 Å². The summed E-state index contributed by atoms with van der Waals surface area (Å²) in [4.78, 5) is 10.5. The SMILES string of the molecule is O=C(O)[C@H]1O[C@H](O)[C@H](OS(=O)(=O)O)[C@@H](O)[C@@H]1O. The maximum atomic E-state index is 10.5. The van der Waals surface area contributed by atoms with Crippen molar-refractivity contribution >= 4 is 16.4 Å². The molecular formula is C6H10O10S. The van der Waals surface area contributed by atoms with Gasteiger partial charge in [-0.15, -0.1) is 0 Å². The molecule has 0 amide bonds. The van der Waals surface area contributed by atoms with E-state index in [1.165, 1.54) is 0 Å². The summed E-state index contributed by atoms with van der Waals surface area (Å²) in [6.45, 7) is 0. The van der Waals surface area contributed by atoms with Crippen LogP contribution in [0.3, 0.4) is 0 Å². The molecule has 0 saturated carbocycles. The maximum Gasteiger partial charge on any atom is 0.397 e. The van der Waals surface area contributed by atoms with Crippen LogP contribution >= 0.6 is 0 Å². The second-order valence-electron chi connectivity index (χ2n) is 3.26. The van der Waals surface area contributed by atoms with Gasteiger partial charge in [0.2, 0.25) is 0 Å². The van der Waals surface area contributed by atoms with E-state index in [0.717, 1.165) is 0 Å². The topological polar surface area (TPSA) is 171 Å². The Kier molecular flexibility index (Phi) is 4.03. The van der Waals surface area contributed by atoms with Crippen molar-refractivity contribution in [2.24, 2.45) is 0 Å². The van der Waals surface area contributed by atoms with E-state index in [-0.39, 0.29) is 0 Å². The van der Waals surface area contributed by atoms with Crippen molar-refractivity contribution in [1.82, 2.24) is 0 Å². The van der Waals surface area contributed by atoms with Crippen LogP contribution in [0, 0.1) is 0 Å². The van der Waals surface area contributed by atoms with Crippen molar-refractivity contribution in [3.8, 4) is 0 Å². The molecule has 0 aromatic carbocycles. The normalized spacial score (nSPS) is 38.9. The van der Waals surface area contributed by atoms with Gasteiger partial charge in [0.15, 0.2) is 18.5 Å². The second-order valence-corrected chi connectivity index (χ2v) is 4.30. The van der Waals surface area contributed by atoms with Gasteiger partial charge in [0.1, 0.15) is 12.2 Å². The Bertz CT molecular complexity index is 390. The van der Waals surface area contributed by atoms with Crippen LogP contribution in [0.1, 0.15) is 0 Å². The first-order chi connectivity index (χ1) is 7.63. The third kappa shape index (κ3) is 3.32. The summed E-state index contributed by atoms with van der Waals surface area (Å²) in [5.41, 5.74) is 0. The first-order valence-corrected chi connectivity index (χ1v) is 5.58. The van der Waals surface area contributed by atoms with Gasteiger partial charge in [0.25, 0.3) is 0 Å². The highest BCUT2D eigenvalue weighted by Crippen LogP contribution is 2.23. The van der Waals surface area contributed by atoms with Gasteiger partial charge >= 0.3 is 16.4 Å². The van der Waals surface area contributed by atoms with E-state index in [4.69, 9.17) is 9.66 Å². The summed E-state index contributed by atoms with van der Waals surface area (Å²) in [7, 11) is -5.01. The lowest BCUT2D eigenvalue weighted by atomic mass is 9.99. The molecule has 0 bridgehead atoms. The van der Waals surface area contributed by atoms with Gasteiger partial charge in [0.05, 0.1) is 0 Å². The molecule has 0 aromatic rings. The highest BCUT2D eigenvalue weighted by atomic mass is 32.3. The number of ether oxygens (including phenoxy) is 1. The minimum atomic E-state index is -5.01. The second kappa shape index (κ2) is 4.81. The monoisotopic (exact) mass is 274 g/mol. The molecule has 1 aliphatic rings. The quantitative estimate of drug-likeness (QED) is 0.328. The number of carboxylic acids is 1. The van der Waals surface area contributed by atoms with Crippen LogP contribution in [0.25, 0.3) is 0 Å². The van der Waals surface area contributed by atoms with Crippen LogP contribution in [-0.4, -0.2) is 70.1 Å². The van der Waals surface area contributed by atoms with Crippen LogP contribution in [0.5, 0.6) is 0 Å². The van der Waals surface area contributed by atoms with Gasteiger partial charge in [-0.1, -0.05) is 0 Å². The van der Waals surface area contributed by atoms with Crippen LogP contribution in [0.15, 0.2) is 0 Å². The van der Waals surface area contributed by atoms with Crippen molar-refractivity contribution in [2.45, 2.75) is 30.7 Å². The van der Waals surface area contributed by atoms with Crippen molar-refractivity contribution in [3.63, 3.8) is 0 Å². The van der Waals surface area contributed by atoms with Gasteiger partial charge in [-0.3, -0.25) is 4.55 Å². The summed E-state index contributed by atoms with van der Waals surface area (Å²) >= 11 is 0. The summed E-state index contributed by atoms with van der Waals surface area (Å²) in [5.74, 6) is -1.67. The summed E-state index contributed by atoms with van der Waals surface area (Å²) in [5, 5.41) is 36.3. The zero-order valence-corrected chi connectivity index (χ0v) is 8.89. The zero-order valence-electron chi connectivity index (χ0n) is 8.07. The zero-order chi connectivity index (χ0) is 13.4. The van der Waals surface area contributed by atoms with E-state index in [2.05, 4.69) is 8.92 Å². The lowest BCUT2D eigenvalue weighted by molar-refractivity contribution is -0.274. The summed E-state index contributed by atoms with van der Waals surface area (Å²) in [6, 6.07) is 0. The number of carboxylic acid groups (broad SMARTS) is 1. The molecule has 1 saturated heterocycles. The minimum absolute atomic E-state index is 1.67. The van der Waals surface area contributed by atoms with Gasteiger partial charge in [0, 0.05) is 0 Å². The van der Waals surface area contributed by atoms with Crippen LogP contribution < -0.4 is 0 Å². The Hall–Kier alpha value is -0.820. The molecule has 1 aliphatic heterocycles. The molecule has 0 radical (unpaired) electrons. The molecular weight excluding hydrogens is 264 g/mol. The van der Waals surface area contributed by atoms with Gasteiger partial charge < -0.3 is 25.2 Å². The molecule has 1 heterocycles. The van der Waals surface area contributed by atoms with E-state index in [1.54, 1.807) is 0 Å². The minimum Gasteiger partial charge on any atom is -0.479 e. The predicted molar refractivity (Wildman–Crippen MR) is 47.0 cm³/mol. The Morgan fingerprint density at radius 1 is 1.18 bits per heavy atom. The molecule has 1 rings (SSSR count). The van der Waals surface area contributed by atoms with E-state index < -0.39 is 47.1 Å². The third-order valence-corrected chi connectivity index (χ3v) is 2.51. The number of aliphatic hydroxyl groups is 3. The van der Waals surface area contributed by atoms with Gasteiger partial charge in [-0.25, -0.2) is 8.98 Å². The number of hydrogen-bond acceptors (Lipinski definition) is 8. The van der Waals surface area contributed by atoms with Crippen LogP contribution in [-0.2, 0) is 24.1 Å². The van der Waals surface area contributed by atoms with Gasteiger partial charge in [-0.05, 0) is 0 Å². The Labute approximate surface area is 95.0 Å². The van der Waals surface area contributed by atoms with Crippen LogP contribution in [0.4, 0.5) is 0 Å². The molecule has 17 heavy (non-hydrogen) atoms. The fourth-order valence-corrected chi connectivity index (χ4v) is 1.79. The molecule has 5 N–H and O–H groups in total. The Morgan fingerprint density at radius 3 is 2.12 bits per heavy atom. The van der Waals surface area contributed by atoms with Gasteiger partial charge in [-0.2, -0.15) is 8.42 Å². The fourth-order valence-electron chi connectivity index (χ4n) is 1.30. The average Bonchev–Trinajstić information content (AvgIpc) is 2.16. The smallest absolute Gasteiger partial charge is 0.397 e. The summed E-state index contributed by atoms with van der Waals surface area (Å²) in [6.07, 6.45) is -10.2. The largest absolute Gasteiger partial charge is 0.479 e. The predicted octanol–water partition coefficient (Wildman–Crippen LogP) is -3.30. The lowest BCUT2D eigenvalue weighted by Crippen LogP contribution is -2.60. The number of aliphatic carboxylic acids is 1. The van der Waals surface area contributed by atoms with E-state index >= 15 is 0 Å². The Morgan fingerprint density at radius 2 is 1.71 bits per heavy atom. The fraction of sp³-hybridized carbons (Fsp3) is 0.833. The Balaban J connectivity index is 2.87. The average molecular weight is 274 g/mol. The third-order valence-electron chi connectivity index (χ3n) is 2.04. The standard InChI is InChI=1S/C6H10O10S/c7-1-2(8)4(16-17(12,13)14)6(11)15-3(1)5(9)10/h1-4,6-8,11H,(H,9,10)(H,12,13,14)/t1-,2-,3-,4+,6-/m0/s1. The highest BCUT2D eigenvalue weighted by Gasteiger charge is 2.49. The maximum absolute atomic E-state index is 10.5. The number of hydrogen-bond donors (Lipinski definition) is 5. The first-order valence-electron chi connectivity index (χ1n) is 4.21. The summed E-state index contributed by atoms with van der Waals surface area (Å²) < 4.78 is 37.3. The molecule has 0 aromatic heterocycles. The molecule has 0 spiro atoms. The van der Waals surface area contributed by atoms with Crippen molar-refractivity contribution in [3.05, 3.63) is 0 Å². The molecule has 100 valence electrons. The van der Waals surface area contributed by atoms with E-state index in [0.29, 0.717) is 0 Å². The molecule has 0 unspecified atom stereocenters. The van der Waals surface area contributed by atoms with Crippen molar-refractivity contribution < 1.29 is 47.1 Å². The van der Waals surface area contributed by atoms with Crippen LogP contribution in [0.2, 0.25) is 0 Å². The highest BCUT2D eigenvalue weighted by molar-refractivity contribution is 7.80. The van der Waals surface area contributed by atoms with E-state index in [1.807, 2.05) is 0 Å². The van der Waals surface area contributed by atoms with Crippen molar-refractivity contribution in [1.29, 1.82) is 0 Å². The molecule has 1 fully saturated rings. The van der Waals surface area contributed by atoms with Crippen molar-refractivity contribution in [2.75, 3.05) is 0 Å².